The second-order valence-corrected chi connectivity index (χ2v) is 15.3. The Morgan fingerprint density at radius 2 is 1.62 bits per heavy atom. The van der Waals surface area contributed by atoms with Crippen LogP contribution in [0.5, 0.6) is 5.75 Å². The van der Waals surface area contributed by atoms with Gasteiger partial charge in [-0.2, -0.15) is 0 Å². The third-order valence-corrected chi connectivity index (χ3v) is 11.2. The highest BCUT2D eigenvalue weighted by Gasteiger charge is 2.40. The van der Waals surface area contributed by atoms with Crippen LogP contribution in [0.1, 0.15) is 45.2 Å². The maximum atomic E-state index is 14.9. The molecule has 0 saturated carbocycles. The molecule has 1 atom stereocenters. The third kappa shape index (κ3) is 6.16. The van der Waals surface area contributed by atoms with Crippen LogP contribution in [0, 0.1) is 5.82 Å². The van der Waals surface area contributed by atoms with Crippen LogP contribution in [0.25, 0.3) is 0 Å². The van der Waals surface area contributed by atoms with Crippen LogP contribution in [-0.4, -0.2) is 22.0 Å². The topological polar surface area (TPSA) is 18.5 Å². The summed E-state index contributed by atoms with van der Waals surface area (Å²) < 4.78 is 27.6. The Bertz CT molecular complexity index is 815. The van der Waals surface area contributed by atoms with E-state index in [0.29, 0.717) is 12.2 Å². The molecule has 2 nitrogen and oxygen atoms in total. The smallest absolute Gasteiger partial charge is 0.192 e. The Hall–Kier alpha value is -1.17. The molecule has 2 rings (SSSR count). The van der Waals surface area contributed by atoms with E-state index in [9.17, 15) is 4.39 Å². The van der Waals surface area contributed by atoms with E-state index < -0.39 is 13.7 Å². The van der Waals surface area contributed by atoms with Crippen molar-refractivity contribution in [3.8, 4) is 5.75 Å². The minimum atomic E-state index is -1.95. The number of benzene rings is 2. The lowest BCUT2D eigenvalue weighted by molar-refractivity contribution is 0.196. The van der Waals surface area contributed by atoms with E-state index in [0.717, 1.165) is 23.1 Å². The van der Waals surface area contributed by atoms with E-state index in [-0.39, 0.29) is 10.9 Å². The van der Waals surface area contributed by atoms with E-state index in [1.54, 1.807) is 13.2 Å². The van der Waals surface area contributed by atoms with Crippen LogP contribution in [0.2, 0.25) is 18.1 Å². The average molecular weight is 482 g/mol. The standard InChI is InChI=1S/C24H34BrFO2Si/c1-23(2,3)29(6,7)28-17-24(4,21-16-19(25)10-13-22(21)26)15-14-18-8-11-20(27-5)12-9-18/h8-13,16H,14-15,17H2,1-7H3/t24-/m0/s1. The van der Waals surface area contributed by atoms with E-state index in [4.69, 9.17) is 9.16 Å². The molecule has 29 heavy (non-hydrogen) atoms. The monoisotopic (exact) mass is 480 g/mol. The predicted octanol–water partition coefficient (Wildman–Crippen LogP) is 7.51. The Morgan fingerprint density at radius 1 is 1.00 bits per heavy atom. The molecule has 0 aliphatic rings. The number of methoxy groups -OCH3 is 1. The highest BCUT2D eigenvalue weighted by Crippen LogP contribution is 2.40. The zero-order chi connectivity index (χ0) is 21.9. The quantitative estimate of drug-likeness (QED) is 0.363. The summed E-state index contributed by atoms with van der Waals surface area (Å²) in [6.07, 6.45) is 1.63. The second-order valence-electron chi connectivity index (χ2n) is 9.58. The van der Waals surface area contributed by atoms with Gasteiger partial charge in [-0.05, 0) is 72.4 Å². The molecule has 0 heterocycles. The largest absolute Gasteiger partial charge is 0.497 e. The summed E-state index contributed by atoms with van der Waals surface area (Å²) in [4.78, 5) is 0. The molecule has 0 unspecified atom stereocenters. The Morgan fingerprint density at radius 3 is 2.17 bits per heavy atom. The third-order valence-electron chi connectivity index (χ3n) is 6.26. The van der Waals surface area contributed by atoms with Gasteiger partial charge in [0.05, 0.1) is 7.11 Å². The molecule has 0 spiro atoms. The highest BCUT2D eigenvalue weighted by molar-refractivity contribution is 9.10. The number of ether oxygens (including phenoxy) is 1. The average Bonchev–Trinajstić information content (AvgIpc) is 2.66. The molecule has 0 fully saturated rings. The van der Waals surface area contributed by atoms with Crippen LogP contribution in [-0.2, 0) is 16.3 Å². The Balaban J connectivity index is 2.30. The first-order valence-electron chi connectivity index (χ1n) is 10.1. The van der Waals surface area contributed by atoms with Crippen LogP contribution >= 0.6 is 15.9 Å². The van der Waals surface area contributed by atoms with Gasteiger partial charge >= 0.3 is 0 Å². The van der Waals surface area contributed by atoms with Gasteiger partial charge in [-0.15, -0.1) is 0 Å². The van der Waals surface area contributed by atoms with E-state index in [2.05, 4.69) is 68.9 Å². The molecular weight excluding hydrogens is 447 g/mol. The van der Waals surface area contributed by atoms with Crippen molar-refractivity contribution >= 4 is 24.2 Å². The summed E-state index contributed by atoms with van der Waals surface area (Å²) in [5, 5.41) is 0.111. The van der Waals surface area contributed by atoms with Crippen molar-refractivity contribution in [3.05, 3.63) is 63.9 Å². The minimum Gasteiger partial charge on any atom is -0.497 e. The molecule has 2 aromatic carbocycles. The van der Waals surface area contributed by atoms with Crippen molar-refractivity contribution in [1.29, 1.82) is 0 Å². The molecule has 0 saturated heterocycles. The van der Waals surface area contributed by atoms with Crippen LogP contribution < -0.4 is 4.74 Å². The van der Waals surface area contributed by atoms with Crippen molar-refractivity contribution in [2.75, 3.05) is 13.7 Å². The molecule has 0 radical (unpaired) electrons. The van der Waals surface area contributed by atoms with Crippen molar-refractivity contribution < 1.29 is 13.6 Å². The molecular formula is C24H34BrFO2Si. The fraction of sp³-hybridized carbons (Fsp3) is 0.500. The zero-order valence-corrected chi connectivity index (χ0v) is 21.3. The first kappa shape index (κ1) is 24.1. The number of hydrogen-bond acceptors (Lipinski definition) is 2. The molecule has 0 N–H and O–H groups in total. The first-order valence-corrected chi connectivity index (χ1v) is 13.8. The maximum absolute atomic E-state index is 14.9. The van der Waals surface area contributed by atoms with Gasteiger partial charge in [0.2, 0.25) is 0 Å². The van der Waals surface area contributed by atoms with Crippen LogP contribution in [0.15, 0.2) is 46.9 Å². The van der Waals surface area contributed by atoms with Crippen LogP contribution in [0.3, 0.4) is 0 Å². The SMILES string of the molecule is COc1ccc(CC[C@@](C)(CO[Si](C)(C)C(C)(C)C)c2cc(Br)ccc2F)cc1. The summed E-state index contributed by atoms with van der Waals surface area (Å²) >= 11 is 3.51. The highest BCUT2D eigenvalue weighted by atomic mass is 79.9. The van der Waals surface area contributed by atoms with E-state index >= 15 is 0 Å². The maximum Gasteiger partial charge on any atom is 0.192 e. The molecule has 0 amide bonds. The molecule has 5 heteroatoms. The normalized spacial score (nSPS) is 14.5. The number of rotatable bonds is 8. The molecule has 160 valence electrons. The predicted molar refractivity (Wildman–Crippen MR) is 126 cm³/mol. The van der Waals surface area contributed by atoms with Crippen molar-refractivity contribution in [2.45, 2.75) is 64.1 Å². The van der Waals surface area contributed by atoms with Gasteiger partial charge in [-0.1, -0.05) is 55.8 Å². The molecule has 2 aromatic rings. The van der Waals surface area contributed by atoms with E-state index in [1.807, 2.05) is 18.2 Å². The van der Waals surface area contributed by atoms with Gasteiger partial charge in [-0.3, -0.25) is 0 Å². The van der Waals surface area contributed by atoms with Gasteiger partial charge in [0.25, 0.3) is 0 Å². The summed E-state index contributed by atoms with van der Waals surface area (Å²) in [6, 6.07) is 13.3. The van der Waals surface area contributed by atoms with Gasteiger partial charge in [0, 0.05) is 16.5 Å². The Kier molecular flexibility index (Phi) is 7.74. The van der Waals surface area contributed by atoms with Gasteiger partial charge in [0.1, 0.15) is 11.6 Å². The minimum absolute atomic E-state index is 0.111. The fourth-order valence-corrected chi connectivity index (χ4v) is 4.49. The molecule has 0 aromatic heterocycles. The Labute approximate surface area is 185 Å². The van der Waals surface area contributed by atoms with Crippen LogP contribution in [0.4, 0.5) is 4.39 Å². The van der Waals surface area contributed by atoms with Crippen molar-refractivity contribution in [1.82, 2.24) is 0 Å². The lowest BCUT2D eigenvalue weighted by Crippen LogP contribution is -2.44. The molecule has 0 aliphatic carbocycles. The summed E-state index contributed by atoms with van der Waals surface area (Å²) in [7, 11) is -0.283. The van der Waals surface area contributed by atoms with Crippen molar-refractivity contribution in [3.63, 3.8) is 0 Å². The number of halogens is 2. The number of aryl methyl sites for hydroxylation is 1. The summed E-state index contributed by atoms with van der Waals surface area (Å²) in [5.74, 6) is 0.667. The van der Waals surface area contributed by atoms with E-state index in [1.165, 1.54) is 11.6 Å². The second kappa shape index (κ2) is 9.32. The first-order chi connectivity index (χ1) is 13.4. The van der Waals surface area contributed by atoms with Gasteiger partial charge in [0.15, 0.2) is 8.32 Å². The molecule has 0 aliphatic heterocycles. The fourth-order valence-electron chi connectivity index (χ4n) is 3.01. The lowest BCUT2D eigenvalue weighted by Gasteiger charge is -2.40. The lowest BCUT2D eigenvalue weighted by atomic mass is 9.78. The van der Waals surface area contributed by atoms with Gasteiger partial charge < -0.3 is 9.16 Å². The molecule has 0 bridgehead atoms. The van der Waals surface area contributed by atoms with Crippen molar-refractivity contribution in [2.24, 2.45) is 0 Å². The zero-order valence-electron chi connectivity index (χ0n) is 18.7. The summed E-state index contributed by atoms with van der Waals surface area (Å²) in [5.41, 5.74) is 1.49. The summed E-state index contributed by atoms with van der Waals surface area (Å²) in [6.45, 7) is 13.8. The number of hydrogen-bond donors (Lipinski definition) is 0. The van der Waals surface area contributed by atoms with Gasteiger partial charge in [-0.25, -0.2) is 4.39 Å².